The molecule has 0 radical (unpaired) electrons. The Labute approximate surface area is 128 Å². The number of imidazole rings is 1. The third-order valence-electron chi connectivity index (χ3n) is 3.82. The Kier molecular flexibility index (Phi) is 3.90. The number of benzene rings is 1. The standard InChI is InChI=1S/C15H17Cl2N3/c1-10-8-13(17)14(9-12(10)16)20-7-6-18-15(20)19-11-4-2-3-5-11/h6-9,11H,2-5H2,1H3,(H,18,19). The van der Waals surface area contributed by atoms with Gasteiger partial charge in [0.2, 0.25) is 5.95 Å². The van der Waals surface area contributed by atoms with Gasteiger partial charge in [-0.1, -0.05) is 36.0 Å². The molecule has 0 spiro atoms. The van der Waals surface area contributed by atoms with Gasteiger partial charge in [-0.25, -0.2) is 4.98 Å². The summed E-state index contributed by atoms with van der Waals surface area (Å²) >= 11 is 12.6. The molecule has 3 rings (SSSR count). The van der Waals surface area contributed by atoms with Crippen molar-refractivity contribution in [1.82, 2.24) is 9.55 Å². The van der Waals surface area contributed by atoms with Crippen molar-refractivity contribution in [3.05, 3.63) is 40.1 Å². The summed E-state index contributed by atoms with van der Waals surface area (Å²) in [4.78, 5) is 4.40. The van der Waals surface area contributed by atoms with E-state index in [0.717, 1.165) is 17.2 Å². The summed E-state index contributed by atoms with van der Waals surface area (Å²) in [5.74, 6) is 0.832. The summed E-state index contributed by atoms with van der Waals surface area (Å²) in [6, 6.07) is 4.29. The minimum absolute atomic E-state index is 0.510. The number of anilines is 1. The number of aromatic nitrogens is 2. The van der Waals surface area contributed by atoms with E-state index < -0.39 is 0 Å². The van der Waals surface area contributed by atoms with Gasteiger partial charge in [-0.2, -0.15) is 0 Å². The molecule has 1 aliphatic rings. The van der Waals surface area contributed by atoms with Crippen molar-refractivity contribution in [2.24, 2.45) is 0 Å². The second-order valence-electron chi connectivity index (χ2n) is 5.30. The first-order chi connectivity index (χ1) is 9.65. The number of hydrogen-bond donors (Lipinski definition) is 1. The van der Waals surface area contributed by atoms with Crippen molar-refractivity contribution >= 4 is 29.2 Å². The second kappa shape index (κ2) is 5.66. The van der Waals surface area contributed by atoms with Crippen LogP contribution < -0.4 is 5.32 Å². The van der Waals surface area contributed by atoms with E-state index in [-0.39, 0.29) is 0 Å². The first kappa shape index (κ1) is 13.8. The molecule has 2 aromatic rings. The Balaban J connectivity index is 1.94. The number of nitrogens with zero attached hydrogens (tertiary/aromatic N) is 2. The lowest BCUT2D eigenvalue weighted by Crippen LogP contribution is -2.17. The molecule has 1 aromatic heterocycles. The molecule has 1 aromatic carbocycles. The molecule has 0 bridgehead atoms. The molecule has 0 amide bonds. The first-order valence-corrected chi connectivity index (χ1v) is 7.66. The van der Waals surface area contributed by atoms with Gasteiger partial charge in [0.15, 0.2) is 0 Å². The van der Waals surface area contributed by atoms with Crippen LogP contribution in [-0.2, 0) is 0 Å². The van der Waals surface area contributed by atoms with Crippen LogP contribution in [0.2, 0.25) is 10.0 Å². The molecule has 20 heavy (non-hydrogen) atoms. The summed E-state index contributed by atoms with van der Waals surface area (Å²) < 4.78 is 1.96. The van der Waals surface area contributed by atoms with Gasteiger partial charge in [0.1, 0.15) is 0 Å². The molecule has 5 heteroatoms. The van der Waals surface area contributed by atoms with E-state index in [1.54, 1.807) is 6.20 Å². The Bertz CT molecular complexity index is 616. The van der Waals surface area contributed by atoms with Crippen LogP contribution in [0, 0.1) is 6.92 Å². The van der Waals surface area contributed by atoms with Crippen molar-refractivity contribution in [3.8, 4) is 5.69 Å². The lowest BCUT2D eigenvalue weighted by atomic mass is 10.2. The highest BCUT2D eigenvalue weighted by molar-refractivity contribution is 6.35. The molecule has 1 aliphatic carbocycles. The summed E-state index contributed by atoms with van der Waals surface area (Å²) in [5, 5.41) is 4.89. The van der Waals surface area contributed by atoms with Gasteiger partial charge in [0.25, 0.3) is 0 Å². The number of aryl methyl sites for hydroxylation is 1. The van der Waals surface area contributed by atoms with Crippen LogP contribution in [0.4, 0.5) is 5.95 Å². The monoisotopic (exact) mass is 309 g/mol. The third kappa shape index (κ3) is 2.65. The minimum atomic E-state index is 0.510. The predicted octanol–water partition coefficient (Wildman–Crippen LogP) is 4.84. The normalized spacial score (nSPS) is 15.8. The van der Waals surface area contributed by atoms with Crippen LogP contribution in [-0.4, -0.2) is 15.6 Å². The SMILES string of the molecule is Cc1cc(Cl)c(-n2ccnc2NC2CCCC2)cc1Cl. The summed E-state index contributed by atoms with van der Waals surface area (Å²) in [7, 11) is 0. The quantitative estimate of drug-likeness (QED) is 0.879. The maximum atomic E-state index is 6.35. The summed E-state index contributed by atoms with van der Waals surface area (Å²) in [6.45, 7) is 1.95. The van der Waals surface area contributed by atoms with Gasteiger partial charge >= 0.3 is 0 Å². The molecular formula is C15H17Cl2N3. The first-order valence-electron chi connectivity index (χ1n) is 6.91. The molecular weight excluding hydrogens is 293 g/mol. The molecule has 0 atom stereocenters. The summed E-state index contributed by atoms with van der Waals surface area (Å²) in [6.07, 6.45) is 8.67. The van der Waals surface area contributed by atoms with Crippen LogP contribution in [0.1, 0.15) is 31.2 Å². The van der Waals surface area contributed by atoms with E-state index in [2.05, 4.69) is 10.3 Å². The number of rotatable bonds is 3. The fourth-order valence-corrected chi connectivity index (χ4v) is 3.14. The average molecular weight is 310 g/mol. The van der Waals surface area contributed by atoms with Crippen molar-refractivity contribution in [1.29, 1.82) is 0 Å². The minimum Gasteiger partial charge on any atom is -0.353 e. The van der Waals surface area contributed by atoms with Crippen LogP contribution >= 0.6 is 23.2 Å². The van der Waals surface area contributed by atoms with Crippen molar-refractivity contribution in [3.63, 3.8) is 0 Å². The molecule has 1 N–H and O–H groups in total. The number of nitrogens with one attached hydrogen (secondary N) is 1. The molecule has 1 heterocycles. The summed E-state index contributed by atoms with van der Waals surface area (Å²) in [5.41, 5.74) is 1.84. The Hall–Kier alpha value is -1.19. The topological polar surface area (TPSA) is 29.9 Å². The van der Waals surface area contributed by atoms with Crippen LogP contribution in [0.15, 0.2) is 24.5 Å². The third-order valence-corrected chi connectivity index (χ3v) is 4.53. The zero-order valence-electron chi connectivity index (χ0n) is 11.4. The van der Waals surface area contributed by atoms with Crippen molar-refractivity contribution in [2.75, 3.05) is 5.32 Å². The Morgan fingerprint density at radius 1 is 1.20 bits per heavy atom. The van der Waals surface area contributed by atoms with E-state index in [1.165, 1.54) is 25.7 Å². The molecule has 0 saturated heterocycles. The van der Waals surface area contributed by atoms with E-state index in [9.17, 15) is 0 Å². The molecule has 0 aliphatic heterocycles. The van der Waals surface area contributed by atoms with Crippen molar-refractivity contribution < 1.29 is 0 Å². The maximum absolute atomic E-state index is 6.35. The van der Waals surface area contributed by atoms with E-state index in [0.29, 0.717) is 16.1 Å². The lowest BCUT2D eigenvalue weighted by Gasteiger charge is -2.16. The van der Waals surface area contributed by atoms with Gasteiger partial charge in [-0.3, -0.25) is 4.57 Å². The highest BCUT2D eigenvalue weighted by atomic mass is 35.5. The Morgan fingerprint density at radius 2 is 1.95 bits per heavy atom. The number of hydrogen-bond acceptors (Lipinski definition) is 2. The molecule has 0 unspecified atom stereocenters. The Morgan fingerprint density at radius 3 is 2.70 bits per heavy atom. The van der Waals surface area contributed by atoms with Crippen molar-refractivity contribution in [2.45, 2.75) is 38.6 Å². The second-order valence-corrected chi connectivity index (χ2v) is 6.11. The number of halogens is 2. The van der Waals surface area contributed by atoms with Crippen LogP contribution in [0.3, 0.4) is 0 Å². The molecule has 1 saturated carbocycles. The fraction of sp³-hybridized carbons (Fsp3) is 0.400. The van der Waals surface area contributed by atoms with Gasteiger partial charge in [0.05, 0.1) is 10.7 Å². The van der Waals surface area contributed by atoms with Gasteiger partial charge < -0.3 is 5.32 Å². The van der Waals surface area contributed by atoms with Crippen LogP contribution in [0.5, 0.6) is 0 Å². The zero-order valence-corrected chi connectivity index (χ0v) is 12.9. The van der Waals surface area contributed by atoms with Crippen LogP contribution in [0.25, 0.3) is 5.69 Å². The highest BCUT2D eigenvalue weighted by Crippen LogP contribution is 2.30. The van der Waals surface area contributed by atoms with Gasteiger partial charge in [0, 0.05) is 23.5 Å². The van der Waals surface area contributed by atoms with Gasteiger partial charge in [-0.05, 0) is 37.5 Å². The van der Waals surface area contributed by atoms with E-state index >= 15 is 0 Å². The predicted molar refractivity (Wildman–Crippen MR) is 84.2 cm³/mol. The van der Waals surface area contributed by atoms with Gasteiger partial charge in [-0.15, -0.1) is 0 Å². The smallest absolute Gasteiger partial charge is 0.207 e. The molecule has 106 valence electrons. The van der Waals surface area contributed by atoms with E-state index in [4.69, 9.17) is 23.2 Å². The zero-order chi connectivity index (χ0) is 14.1. The highest BCUT2D eigenvalue weighted by Gasteiger charge is 2.18. The molecule has 1 fully saturated rings. The largest absolute Gasteiger partial charge is 0.353 e. The average Bonchev–Trinajstić information content (AvgIpc) is 3.06. The molecule has 3 nitrogen and oxygen atoms in total. The fourth-order valence-electron chi connectivity index (χ4n) is 2.68. The lowest BCUT2D eigenvalue weighted by molar-refractivity contribution is 0.740. The van der Waals surface area contributed by atoms with E-state index in [1.807, 2.05) is 29.8 Å². The maximum Gasteiger partial charge on any atom is 0.207 e.